The van der Waals surface area contributed by atoms with Gasteiger partial charge < -0.3 is 5.32 Å². The summed E-state index contributed by atoms with van der Waals surface area (Å²) >= 11 is 0. The summed E-state index contributed by atoms with van der Waals surface area (Å²) < 4.78 is 28.1. The highest BCUT2D eigenvalue weighted by Crippen LogP contribution is 2.24. The van der Waals surface area contributed by atoms with Crippen LogP contribution in [0.3, 0.4) is 0 Å². The van der Waals surface area contributed by atoms with Gasteiger partial charge in [-0.15, -0.1) is 0 Å². The summed E-state index contributed by atoms with van der Waals surface area (Å²) in [4.78, 5) is 12.3. The molecule has 1 saturated heterocycles. The standard InChI is InChI=1S/C18H29N3O3S/c1-13-9-14(2)11-21(10-13)25(23,24)20(5)12-18(22)19-17-8-6-7-15(3)16(17)4/h6-8,13-14H,9-12H2,1-5H3,(H,19,22). The summed E-state index contributed by atoms with van der Waals surface area (Å²) in [5, 5.41) is 2.81. The molecule has 1 aliphatic rings. The Bertz CT molecular complexity index is 723. The molecule has 1 aromatic rings. The molecule has 0 spiro atoms. The summed E-state index contributed by atoms with van der Waals surface area (Å²) in [7, 11) is -2.17. The average molecular weight is 368 g/mol. The lowest BCUT2D eigenvalue weighted by molar-refractivity contribution is -0.116. The summed E-state index contributed by atoms with van der Waals surface area (Å²) in [5.74, 6) is 0.323. The van der Waals surface area contributed by atoms with Gasteiger partial charge in [0.15, 0.2) is 0 Å². The number of amides is 1. The fourth-order valence-corrected chi connectivity index (χ4v) is 4.91. The first-order chi connectivity index (χ1) is 11.6. The lowest BCUT2D eigenvalue weighted by atomic mass is 9.94. The molecule has 0 aromatic heterocycles. The molecule has 1 N–H and O–H groups in total. The first kappa shape index (κ1) is 19.9. The second kappa shape index (κ2) is 7.85. The Balaban J connectivity index is 2.03. The van der Waals surface area contributed by atoms with Crippen LogP contribution < -0.4 is 5.32 Å². The zero-order valence-corrected chi connectivity index (χ0v) is 16.6. The Morgan fingerprint density at radius 1 is 1.24 bits per heavy atom. The Labute approximate surface area is 151 Å². The van der Waals surface area contributed by atoms with Gasteiger partial charge in [0.05, 0.1) is 6.54 Å². The lowest BCUT2D eigenvalue weighted by Crippen LogP contribution is -2.49. The highest BCUT2D eigenvalue weighted by Gasteiger charge is 2.33. The number of piperidine rings is 1. The summed E-state index contributed by atoms with van der Waals surface area (Å²) in [6, 6.07) is 5.66. The zero-order chi connectivity index (χ0) is 18.8. The molecule has 25 heavy (non-hydrogen) atoms. The molecule has 1 aromatic carbocycles. The van der Waals surface area contributed by atoms with E-state index in [0.29, 0.717) is 24.9 Å². The molecule has 1 heterocycles. The van der Waals surface area contributed by atoms with Gasteiger partial charge in [0.1, 0.15) is 0 Å². The highest BCUT2D eigenvalue weighted by atomic mass is 32.2. The van der Waals surface area contributed by atoms with E-state index in [1.807, 2.05) is 32.0 Å². The normalized spacial score (nSPS) is 22.2. The molecule has 0 aliphatic carbocycles. The van der Waals surface area contributed by atoms with E-state index in [-0.39, 0.29) is 12.5 Å². The van der Waals surface area contributed by atoms with Crippen LogP contribution in [0.25, 0.3) is 0 Å². The maximum absolute atomic E-state index is 12.8. The molecule has 6 nitrogen and oxygen atoms in total. The van der Waals surface area contributed by atoms with Crippen molar-refractivity contribution in [1.82, 2.24) is 8.61 Å². The minimum Gasteiger partial charge on any atom is -0.325 e. The van der Waals surface area contributed by atoms with Crippen molar-refractivity contribution in [1.29, 1.82) is 0 Å². The van der Waals surface area contributed by atoms with Crippen molar-refractivity contribution in [2.45, 2.75) is 34.1 Å². The third kappa shape index (κ3) is 4.80. The van der Waals surface area contributed by atoms with E-state index in [4.69, 9.17) is 0 Å². The van der Waals surface area contributed by atoms with E-state index < -0.39 is 10.2 Å². The van der Waals surface area contributed by atoms with E-state index >= 15 is 0 Å². The summed E-state index contributed by atoms with van der Waals surface area (Å²) in [6.45, 7) is 8.85. The van der Waals surface area contributed by atoms with E-state index in [0.717, 1.165) is 27.5 Å². The third-order valence-electron chi connectivity index (χ3n) is 4.80. The molecule has 0 saturated carbocycles. The molecular formula is C18H29N3O3S. The van der Waals surface area contributed by atoms with Gasteiger partial charge in [0.2, 0.25) is 5.91 Å². The number of aryl methyl sites for hydroxylation is 1. The van der Waals surface area contributed by atoms with Crippen molar-refractivity contribution in [2.75, 3.05) is 32.0 Å². The van der Waals surface area contributed by atoms with Crippen LogP contribution in [-0.2, 0) is 15.0 Å². The second-order valence-electron chi connectivity index (χ2n) is 7.32. The van der Waals surface area contributed by atoms with Gasteiger partial charge >= 0.3 is 0 Å². The maximum atomic E-state index is 12.8. The molecule has 2 atom stereocenters. The minimum atomic E-state index is -3.63. The van der Waals surface area contributed by atoms with Crippen LogP contribution in [0.5, 0.6) is 0 Å². The van der Waals surface area contributed by atoms with Gasteiger partial charge in [-0.25, -0.2) is 0 Å². The molecule has 1 amide bonds. The van der Waals surface area contributed by atoms with Crippen LogP contribution in [0.4, 0.5) is 5.69 Å². The molecule has 140 valence electrons. The van der Waals surface area contributed by atoms with E-state index in [2.05, 4.69) is 19.2 Å². The SMILES string of the molecule is Cc1cccc(NC(=O)CN(C)S(=O)(=O)N2CC(C)CC(C)C2)c1C. The Kier molecular flexibility index (Phi) is 6.24. The first-order valence-corrected chi connectivity index (χ1v) is 10.1. The number of benzene rings is 1. The Morgan fingerprint density at radius 2 is 1.84 bits per heavy atom. The number of carbonyl (C=O) groups is 1. The van der Waals surface area contributed by atoms with Gasteiger partial charge in [-0.2, -0.15) is 17.0 Å². The highest BCUT2D eigenvalue weighted by molar-refractivity contribution is 7.86. The number of hydrogen-bond donors (Lipinski definition) is 1. The van der Waals surface area contributed by atoms with Crippen molar-refractivity contribution in [3.05, 3.63) is 29.3 Å². The smallest absolute Gasteiger partial charge is 0.282 e. The number of nitrogens with zero attached hydrogens (tertiary/aromatic N) is 2. The van der Waals surface area contributed by atoms with Crippen LogP contribution in [-0.4, -0.2) is 49.6 Å². The van der Waals surface area contributed by atoms with Crippen LogP contribution >= 0.6 is 0 Å². The number of hydrogen-bond acceptors (Lipinski definition) is 3. The van der Waals surface area contributed by atoms with Crippen molar-refractivity contribution in [3.8, 4) is 0 Å². The van der Waals surface area contributed by atoms with Gasteiger partial charge in [-0.3, -0.25) is 4.79 Å². The van der Waals surface area contributed by atoms with Crippen molar-refractivity contribution >= 4 is 21.8 Å². The second-order valence-corrected chi connectivity index (χ2v) is 9.36. The van der Waals surface area contributed by atoms with E-state index in [9.17, 15) is 13.2 Å². The molecule has 2 unspecified atom stereocenters. The Morgan fingerprint density at radius 3 is 2.44 bits per heavy atom. The zero-order valence-electron chi connectivity index (χ0n) is 15.7. The topological polar surface area (TPSA) is 69.7 Å². The number of likely N-dealkylation sites (N-methyl/N-ethyl adjacent to an activating group) is 1. The minimum absolute atomic E-state index is 0.199. The van der Waals surface area contributed by atoms with Gasteiger partial charge in [-0.05, 0) is 49.3 Å². The quantitative estimate of drug-likeness (QED) is 0.869. The van der Waals surface area contributed by atoms with Crippen molar-refractivity contribution in [3.63, 3.8) is 0 Å². The number of rotatable bonds is 5. The number of nitrogens with one attached hydrogen (secondary N) is 1. The molecular weight excluding hydrogens is 338 g/mol. The molecule has 7 heteroatoms. The predicted molar refractivity (Wildman–Crippen MR) is 101 cm³/mol. The molecule has 1 aliphatic heterocycles. The maximum Gasteiger partial charge on any atom is 0.282 e. The fraction of sp³-hybridized carbons (Fsp3) is 0.611. The van der Waals surface area contributed by atoms with Crippen LogP contribution in [0.15, 0.2) is 18.2 Å². The van der Waals surface area contributed by atoms with Crippen molar-refractivity contribution < 1.29 is 13.2 Å². The van der Waals surface area contributed by atoms with Crippen molar-refractivity contribution in [2.24, 2.45) is 11.8 Å². The summed E-state index contributed by atoms with van der Waals surface area (Å²) in [6.07, 6.45) is 1.03. The van der Waals surface area contributed by atoms with Crippen LogP contribution in [0.2, 0.25) is 0 Å². The van der Waals surface area contributed by atoms with Crippen LogP contribution in [0.1, 0.15) is 31.4 Å². The monoisotopic (exact) mass is 367 g/mol. The summed E-state index contributed by atoms with van der Waals surface area (Å²) in [5.41, 5.74) is 2.78. The first-order valence-electron chi connectivity index (χ1n) is 8.68. The molecule has 0 bridgehead atoms. The Hall–Kier alpha value is -1.44. The molecule has 0 radical (unpaired) electrons. The fourth-order valence-electron chi connectivity index (χ4n) is 3.35. The third-order valence-corrected chi connectivity index (χ3v) is 6.67. The largest absolute Gasteiger partial charge is 0.325 e. The van der Waals surface area contributed by atoms with Gasteiger partial charge in [0, 0.05) is 25.8 Å². The number of carbonyl (C=O) groups excluding carboxylic acids is 1. The average Bonchev–Trinajstić information content (AvgIpc) is 2.50. The van der Waals surface area contributed by atoms with Crippen LogP contribution in [0, 0.1) is 25.7 Å². The molecule has 1 fully saturated rings. The van der Waals surface area contributed by atoms with E-state index in [1.54, 1.807) is 0 Å². The lowest BCUT2D eigenvalue weighted by Gasteiger charge is -2.36. The predicted octanol–water partition coefficient (Wildman–Crippen LogP) is 2.40. The van der Waals surface area contributed by atoms with Gasteiger partial charge in [-0.1, -0.05) is 26.0 Å². The number of anilines is 1. The van der Waals surface area contributed by atoms with Gasteiger partial charge in [0.25, 0.3) is 10.2 Å². The molecule has 2 rings (SSSR count). The van der Waals surface area contributed by atoms with E-state index in [1.165, 1.54) is 11.4 Å².